The van der Waals surface area contributed by atoms with Gasteiger partial charge in [0.25, 0.3) is 0 Å². The van der Waals surface area contributed by atoms with Gasteiger partial charge in [0, 0.05) is 32.6 Å². The maximum atomic E-state index is 11.8. The van der Waals surface area contributed by atoms with Crippen molar-refractivity contribution < 1.29 is 4.79 Å². The van der Waals surface area contributed by atoms with E-state index in [4.69, 9.17) is 0 Å². The summed E-state index contributed by atoms with van der Waals surface area (Å²) in [7, 11) is 3.79. The van der Waals surface area contributed by atoms with Crippen LogP contribution in [-0.2, 0) is 4.79 Å². The van der Waals surface area contributed by atoms with Crippen LogP contribution in [0.3, 0.4) is 0 Å². The van der Waals surface area contributed by atoms with Gasteiger partial charge < -0.3 is 15.5 Å². The van der Waals surface area contributed by atoms with Crippen LogP contribution < -0.4 is 10.6 Å². The molecule has 1 saturated heterocycles. The van der Waals surface area contributed by atoms with Crippen molar-refractivity contribution >= 4 is 5.91 Å². The molecule has 4 heteroatoms. The number of nitrogens with one attached hydrogen (secondary N) is 2. The zero-order chi connectivity index (χ0) is 11.8. The first-order valence-corrected chi connectivity index (χ1v) is 6.36. The fourth-order valence-corrected chi connectivity index (χ4v) is 2.06. The lowest BCUT2D eigenvalue weighted by Crippen LogP contribution is -2.37. The minimum Gasteiger partial charge on any atom is -0.344 e. The lowest BCUT2D eigenvalue weighted by Gasteiger charge is -2.24. The molecule has 0 spiro atoms. The van der Waals surface area contributed by atoms with Gasteiger partial charge in [-0.25, -0.2) is 0 Å². The van der Waals surface area contributed by atoms with Gasteiger partial charge in [0.15, 0.2) is 0 Å². The summed E-state index contributed by atoms with van der Waals surface area (Å²) in [6, 6.07) is 0.565. The molecular formula is C12H25N3O. The first kappa shape index (κ1) is 13.5. The van der Waals surface area contributed by atoms with Crippen LogP contribution in [0.1, 0.15) is 32.1 Å². The van der Waals surface area contributed by atoms with Crippen LogP contribution in [0.15, 0.2) is 0 Å². The number of nitrogens with zero attached hydrogens (tertiary/aromatic N) is 1. The highest BCUT2D eigenvalue weighted by Gasteiger charge is 2.15. The fraction of sp³-hybridized carbons (Fsp3) is 0.917. The smallest absolute Gasteiger partial charge is 0.222 e. The van der Waals surface area contributed by atoms with Gasteiger partial charge >= 0.3 is 0 Å². The van der Waals surface area contributed by atoms with Crippen LogP contribution in [0.2, 0.25) is 0 Å². The highest BCUT2D eigenvalue weighted by molar-refractivity contribution is 5.75. The molecule has 0 aliphatic carbocycles. The van der Waals surface area contributed by atoms with E-state index in [1.54, 1.807) is 0 Å². The van der Waals surface area contributed by atoms with Crippen molar-refractivity contribution in [2.24, 2.45) is 0 Å². The number of piperidine rings is 1. The van der Waals surface area contributed by atoms with E-state index in [1.165, 1.54) is 19.3 Å². The predicted molar refractivity (Wildman–Crippen MR) is 66.4 cm³/mol. The van der Waals surface area contributed by atoms with Crippen molar-refractivity contribution in [2.75, 3.05) is 33.7 Å². The molecule has 1 amide bonds. The molecule has 0 aromatic rings. The molecule has 1 heterocycles. The van der Waals surface area contributed by atoms with E-state index in [0.717, 1.165) is 26.1 Å². The molecule has 2 N–H and O–H groups in total. The summed E-state index contributed by atoms with van der Waals surface area (Å²) in [5.41, 5.74) is 0. The molecular weight excluding hydrogens is 202 g/mol. The van der Waals surface area contributed by atoms with E-state index in [-0.39, 0.29) is 5.91 Å². The highest BCUT2D eigenvalue weighted by Crippen LogP contribution is 2.12. The second-order valence-corrected chi connectivity index (χ2v) is 4.60. The number of likely N-dealkylation sites (N-methyl/N-ethyl adjacent to an activating group) is 2. The van der Waals surface area contributed by atoms with E-state index in [1.807, 2.05) is 19.0 Å². The summed E-state index contributed by atoms with van der Waals surface area (Å²) in [6.45, 7) is 2.78. The lowest BCUT2D eigenvalue weighted by molar-refractivity contribution is -0.130. The third-order valence-electron chi connectivity index (χ3n) is 3.24. The van der Waals surface area contributed by atoms with Crippen LogP contribution in [-0.4, -0.2) is 50.6 Å². The maximum absolute atomic E-state index is 11.8. The topological polar surface area (TPSA) is 44.4 Å². The van der Waals surface area contributed by atoms with E-state index < -0.39 is 0 Å². The van der Waals surface area contributed by atoms with Crippen LogP contribution in [0.5, 0.6) is 0 Å². The van der Waals surface area contributed by atoms with Gasteiger partial charge in [0.2, 0.25) is 5.91 Å². The Bertz CT molecular complexity index is 202. The van der Waals surface area contributed by atoms with Gasteiger partial charge in [-0.05, 0) is 32.9 Å². The molecule has 1 aliphatic heterocycles. The lowest BCUT2D eigenvalue weighted by atomic mass is 10.0. The number of carbonyl (C=O) groups is 1. The van der Waals surface area contributed by atoms with Crippen molar-refractivity contribution in [3.8, 4) is 0 Å². The first-order valence-electron chi connectivity index (χ1n) is 6.36. The van der Waals surface area contributed by atoms with Crippen LogP contribution >= 0.6 is 0 Å². The molecule has 0 saturated carbocycles. The number of amides is 1. The quantitative estimate of drug-likeness (QED) is 0.698. The Labute approximate surface area is 98.8 Å². The Hall–Kier alpha value is -0.610. The SMILES string of the molecule is CNCCN(C)C(=O)CCC1CCCCN1. The van der Waals surface area contributed by atoms with Gasteiger partial charge in [0.05, 0.1) is 0 Å². The van der Waals surface area contributed by atoms with Crippen molar-refractivity contribution in [1.29, 1.82) is 0 Å². The van der Waals surface area contributed by atoms with Gasteiger partial charge in [0.1, 0.15) is 0 Å². The van der Waals surface area contributed by atoms with Crippen LogP contribution in [0.4, 0.5) is 0 Å². The normalized spacial score (nSPS) is 20.8. The molecule has 4 nitrogen and oxygen atoms in total. The summed E-state index contributed by atoms with van der Waals surface area (Å²) in [4.78, 5) is 13.6. The Kier molecular flexibility index (Phi) is 6.42. The van der Waals surface area contributed by atoms with E-state index in [2.05, 4.69) is 10.6 Å². The molecule has 1 rings (SSSR count). The van der Waals surface area contributed by atoms with Crippen molar-refractivity contribution in [3.63, 3.8) is 0 Å². The van der Waals surface area contributed by atoms with Crippen LogP contribution in [0.25, 0.3) is 0 Å². The standard InChI is InChI=1S/C12H25N3O/c1-13-9-10-15(2)12(16)7-6-11-5-3-4-8-14-11/h11,13-14H,3-10H2,1-2H3. The summed E-state index contributed by atoms with van der Waals surface area (Å²) < 4.78 is 0. The van der Waals surface area contributed by atoms with Gasteiger partial charge in [-0.1, -0.05) is 6.42 Å². The number of hydrogen-bond donors (Lipinski definition) is 2. The number of hydrogen-bond acceptors (Lipinski definition) is 3. The van der Waals surface area contributed by atoms with Gasteiger partial charge in [-0.15, -0.1) is 0 Å². The van der Waals surface area contributed by atoms with Gasteiger partial charge in [-0.2, -0.15) is 0 Å². The molecule has 94 valence electrons. The monoisotopic (exact) mass is 227 g/mol. The molecule has 1 aliphatic rings. The second kappa shape index (κ2) is 7.63. The summed E-state index contributed by atoms with van der Waals surface area (Å²) in [6.07, 6.45) is 5.49. The van der Waals surface area contributed by atoms with E-state index >= 15 is 0 Å². The number of rotatable bonds is 6. The Morgan fingerprint density at radius 2 is 2.31 bits per heavy atom. The Morgan fingerprint density at radius 3 is 2.94 bits per heavy atom. The minimum absolute atomic E-state index is 0.266. The molecule has 1 atom stereocenters. The Balaban J connectivity index is 2.12. The predicted octanol–water partition coefficient (Wildman–Crippen LogP) is 0.587. The molecule has 0 aromatic heterocycles. The summed E-state index contributed by atoms with van der Waals surface area (Å²) in [5, 5.41) is 6.53. The third kappa shape index (κ3) is 4.94. The van der Waals surface area contributed by atoms with Crippen molar-refractivity contribution in [2.45, 2.75) is 38.1 Å². The van der Waals surface area contributed by atoms with E-state index in [9.17, 15) is 4.79 Å². The fourth-order valence-electron chi connectivity index (χ4n) is 2.06. The molecule has 1 fully saturated rings. The first-order chi connectivity index (χ1) is 7.74. The molecule has 16 heavy (non-hydrogen) atoms. The molecule has 1 unspecified atom stereocenters. The minimum atomic E-state index is 0.266. The zero-order valence-corrected chi connectivity index (χ0v) is 10.6. The summed E-state index contributed by atoms with van der Waals surface area (Å²) in [5.74, 6) is 0.266. The van der Waals surface area contributed by atoms with Gasteiger partial charge in [-0.3, -0.25) is 4.79 Å². The average Bonchev–Trinajstić information content (AvgIpc) is 2.34. The summed E-state index contributed by atoms with van der Waals surface area (Å²) >= 11 is 0. The zero-order valence-electron chi connectivity index (χ0n) is 10.6. The van der Waals surface area contributed by atoms with Crippen LogP contribution in [0, 0.1) is 0 Å². The molecule has 0 radical (unpaired) electrons. The third-order valence-corrected chi connectivity index (χ3v) is 3.24. The highest BCUT2D eigenvalue weighted by atomic mass is 16.2. The number of carbonyl (C=O) groups excluding carboxylic acids is 1. The Morgan fingerprint density at radius 1 is 1.50 bits per heavy atom. The van der Waals surface area contributed by atoms with E-state index in [0.29, 0.717) is 12.5 Å². The largest absolute Gasteiger partial charge is 0.344 e. The van der Waals surface area contributed by atoms with Crippen molar-refractivity contribution in [1.82, 2.24) is 15.5 Å². The molecule has 0 aromatic carbocycles. The molecule has 0 bridgehead atoms. The second-order valence-electron chi connectivity index (χ2n) is 4.60. The maximum Gasteiger partial charge on any atom is 0.222 e. The average molecular weight is 227 g/mol. The van der Waals surface area contributed by atoms with Crippen molar-refractivity contribution in [3.05, 3.63) is 0 Å².